The van der Waals surface area contributed by atoms with Crippen LogP contribution >= 0.6 is 0 Å². The van der Waals surface area contributed by atoms with Gasteiger partial charge in [0.1, 0.15) is 13.2 Å². The van der Waals surface area contributed by atoms with E-state index in [1.165, 1.54) is 263 Å². The van der Waals surface area contributed by atoms with Crippen LogP contribution in [0.2, 0.25) is 0 Å². The molecule has 0 aromatic heterocycles. The number of esters is 3. The summed E-state index contributed by atoms with van der Waals surface area (Å²) in [5.74, 6) is -0.856. The molecule has 0 radical (unpaired) electrons. The molecule has 0 fully saturated rings. The van der Waals surface area contributed by atoms with Gasteiger partial charge in [-0.25, -0.2) is 0 Å². The maximum absolute atomic E-state index is 12.9. The first-order valence-corrected chi connectivity index (χ1v) is 34.0. The van der Waals surface area contributed by atoms with E-state index >= 15 is 0 Å². The first-order chi connectivity index (χ1) is 37.5. The van der Waals surface area contributed by atoms with Crippen LogP contribution in [0, 0.1) is 0 Å². The molecule has 1 atom stereocenters. The summed E-state index contributed by atoms with van der Waals surface area (Å²) in [5.41, 5.74) is 0. The molecule has 0 aromatic carbocycles. The number of hydrogen-bond acceptors (Lipinski definition) is 6. The summed E-state index contributed by atoms with van der Waals surface area (Å²) < 4.78 is 16.9. The Bertz CT molecular complexity index is 1270. The monoisotopic (exact) mass is 1070 g/mol. The summed E-state index contributed by atoms with van der Waals surface area (Å²) in [6, 6.07) is 0. The normalized spacial score (nSPS) is 12.2. The smallest absolute Gasteiger partial charge is 0.306 e. The van der Waals surface area contributed by atoms with Gasteiger partial charge in [0.2, 0.25) is 0 Å². The largest absolute Gasteiger partial charge is 0.462 e. The van der Waals surface area contributed by atoms with Gasteiger partial charge in [0.25, 0.3) is 0 Å². The van der Waals surface area contributed by atoms with Crippen LogP contribution < -0.4 is 0 Å². The molecule has 0 spiro atoms. The van der Waals surface area contributed by atoms with E-state index in [1.807, 2.05) is 0 Å². The predicted octanol–water partition coefficient (Wildman–Crippen LogP) is 23.2. The highest BCUT2D eigenvalue weighted by molar-refractivity contribution is 5.71. The maximum Gasteiger partial charge on any atom is 0.306 e. The number of carbonyl (C=O) groups excluding carboxylic acids is 3. The zero-order valence-corrected chi connectivity index (χ0v) is 51.3. The Morgan fingerprint density at radius 1 is 0.263 bits per heavy atom. The van der Waals surface area contributed by atoms with Gasteiger partial charge in [-0.2, -0.15) is 0 Å². The number of unbranched alkanes of at least 4 members (excludes halogenated alkanes) is 46. The standard InChI is InChI=1S/C70H130O6/c1-4-7-10-13-16-19-22-24-26-27-28-29-30-31-32-33-34-35-36-37-38-39-40-41-42-43-45-46-48-51-54-57-60-63-69(72)75-66-67(65-74-68(71)62-59-56-53-50-21-18-15-12-9-6-3)76-70(73)64-61-58-55-52-49-47-44-25-23-20-17-14-11-8-5-2/h22,24-25,27-28,44,67H,4-21,23,26,29-43,45-66H2,1-3H3/b24-22-,28-27-,44-25-. The van der Waals surface area contributed by atoms with E-state index in [0.717, 1.165) is 70.6 Å². The van der Waals surface area contributed by atoms with Gasteiger partial charge in [-0.15, -0.1) is 0 Å². The van der Waals surface area contributed by atoms with Crippen LogP contribution in [0.25, 0.3) is 0 Å². The van der Waals surface area contributed by atoms with Crippen molar-refractivity contribution >= 4 is 17.9 Å². The number of ether oxygens (including phenoxy) is 3. The molecule has 0 amide bonds. The molecule has 0 saturated heterocycles. The first-order valence-electron chi connectivity index (χ1n) is 34.0. The molecule has 0 saturated carbocycles. The van der Waals surface area contributed by atoms with Crippen molar-refractivity contribution in [2.24, 2.45) is 0 Å². The average Bonchev–Trinajstić information content (AvgIpc) is 3.42. The van der Waals surface area contributed by atoms with E-state index in [1.54, 1.807) is 0 Å². The van der Waals surface area contributed by atoms with Crippen LogP contribution in [-0.4, -0.2) is 37.2 Å². The van der Waals surface area contributed by atoms with Crippen molar-refractivity contribution in [2.75, 3.05) is 13.2 Å². The SMILES string of the molecule is CCCCCCC/C=C\C/C=C\CCCCCCCCCCCCCCCCCCCCCCCC(=O)OCC(COC(=O)CCCCCCCCCCCC)OC(=O)CCCCCCC/C=C\CCCCCCCC. The second-order valence-electron chi connectivity index (χ2n) is 23.1. The molecular formula is C70H130O6. The van der Waals surface area contributed by atoms with Crippen molar-refractivity contribution in [3.8, 4) is 0 Å². The minimum atomic E-state index is -0.771. The van der Waals surface area contributed by atoms with Crippen molar-refractivity contribution < 1.29 is 28.6 Å². The molecule has 6 nitrogen and oxygen atoms in total. The Morgan fingerprint density at radius 2 is 0.474 bits per heavy atom. The van der Waals surface area contributed by atoms with Crippen LogP contribution in [0.4, 0.5) is 0 Å². The Balaban J connectivity index is 4.03. The van der Waals surface area contributed by atoms with Gasteiger partial charge < -0.3 is 14.2 Å². The van der Waals surface area contributed by atoms with E-state index < -0.39 is 6.10 Å². The van der Waals surface area contributed by atoms with Gasteiger partial charge in [0.15, 0.2) is 6.10 Å². The Morgan fingerprint density at radius 3 is 0.737 bits per heavy atom. The highest BCUT2D eigenvalue weighted by Crippen LogP contribution is 2.18. The van der Waals surface area contributed by atoms with Crippen molar-refractivity contribution in [3.63, 3.8) is 0 Å². The first kappa shape index (κ1) is 73.6. The molecule has 0 aliphatic heterocycles. The number of carbonyl (C=O) groups is 3. The Labute approximate surface area is 474 Å². The topological polar surface area (TPSA) is 78.9 Å². The summed E-state index contributed by atoms with van der Waals surface area (Å²) in [7, 11) is 0. The number of hydrogen-bond donors (Lipinski definition) is 0. The van der Waals surface area contributed by atoms with Crippen LogP contribution in [0.15, 0.2) is 36.5 Å². The number of rotatable bonds is 63. The minimum Gasteiger partial charge on any atom is -0.462 e. The third-order valence-electron chi connectivity index (χ3n) is 15.4. The molecule has 0 heterocycles. The second-order valence-corrected chi connectivity index (χ2v) is 23.1. The van der Waals surface area contributed by atoms with Crippen LogP contribution in [-0.2, 0) is 28.6 Å². The fourth-order valence-corrected chi connectivity index (χ4v) is 10.2. The van der Waals surface area contributed by atoms with Gasteiger partial charge in [-0.1, -0.05) is 314 Å². The Hall–Kier alpha value is -2.37. The summed E-state index contributed by atoms with van der Waals surface area (Å²) in [6.07, 6.45) is 80.5. The molecular weight excluding hydrogens is 937 g/mol. The molecule has 0 bridgehead atoms. The Kier molecular flexibility index (Phi) is 63.1. The lowest BCUT2D eigenvalue weighted by molar-refractivity contribution is -0.167. The van der Waals surface area contributed by atoms with Gasteiger partial charge >= 0.3 is 17.9 Å². The van der Waals surface area contributed by atoms with E-state index in [0.29, 0.717) is 19.3 Å². The fourth-order valence-electron chi connectivity index (χ4n) is 10.2. The zero-order valence-electron chi connectivity index (χ0n) is 51.3. The maximum atomic E-state index is 12.9. The van der Waals surface area contributed by atoms with E-state index in [-0.39, 0.29) is 31.1 Å². The molecule has 0 N–H and O–H groups in total. The number of allylic oxidation sites excluding steroid dienone is 6. The van der Waals surface area contributed by atoms with Crippen molar-refractivity contribution in [2.45, 2.75) is 380 Å². The van der Waals surface area contributed by atoms with Crippen molar-refractivity contribution in [1.82, 2.24) is 0 Å². The summed E-state index contributed by atoms with van der Waals surface area (Å²) in [4.78, 5) is 38.2. The molecule has 446 valence electrons. The van der Waals surface area contributed by atoms with Gasteiger partial charge in [0, 0.05) is 19.3 Å². The lowest BCUT2D eigenvalue weighted by Gasteiger charge is -2.18. The molecule has 0 aliphatic rings. The highest BCUT2D eigenvalue weighted by Gasteiger charge is 2.19. The van der Waals surface area contributed by atoms with E-state index in [9.17, 15) is 14.4 Å². The molecule has 76 heavy (non-hydrogen) atoms. The van der Waals surface area contributed by atoms with Crippen LogP contribution in [0.5, 0.6) is 0 Å². The molecule has 0 aromatic rings. The minimum absolute atomic E-state index is 0.0697. The molecule has 1 unspecified atom stereocenters. The summed E-state index contributed by atoms with van der Waals surface area (Å²) in [5, 5.41) is 0. The average molecular weight is 1070 g/mol. The third kappa shape index (κ3) is 62.5. The molecule has 0 rings (SSSR count). The van der Waals surface area contributed by atoms with Crippen molar-refractivity contribution in [3.05, 3.63) is 36.5 Å². The van der Waals surface area contributed by atoms with Crippen LogP contribution in [0.1, 0.15) is 374 Å². The highest BCUT2D eigenvalue weighted by atomic mass is 16.6. The predicted molar refractivity (Wildman–Crippen MR) is 330 cm³/mol. The van der Waals surface area contributed by atoms with E-state index in [2.05, 4.69) is 57.2 Å². The van der Waals surface area contributed by atoms with Gasteiger partial charge in [-0.05, 0) is 77.0 Å². The zero-order chi connectivity index (χ0) is 55.0. The van der Waals surface area contributed by atoms with Crippen LogP contribution in [0.3, 0.4) is 0 Å². The van der Waals surface area contributed by atoms with Gasteiger partial charge in [0.05, 0.1) is 0 Å². The summed E-state index contributed by atoms with van der Waals surface area (Å²) in [6.45, 7) is 6.66. The van der Waals surface area contributed by atoms with Gasteiger partial charge in [-0.3, -0.25) is 14.4 Å². The second kappa shape index (κ2) is 65.2. The van der Waals surface area contributed by atoms with E-state index in [4.69, 9.17) is 14.2 Å². The fraction of sp³-hybridized carbons (Fsp3) is 0.871. The lowest BCUT2D eigenvalue weighted by Crippen LogP contribution is -2.30. The third-order valence-corrected chi connectivity index (χ3v) is 15.4. The molecule has 6 heteroatoms. The van der Waals surface area contributed by atoms with Crippen molar-refractivity contribution in [1.29, 1.82) is 0 Å². The quantitative estimate of drug-likeness (QED) is 0.0261. The molecule has 0 aliphatic carbocycles. The summed E-state index contributed by atoms with van der Waals surface area (Å²) >= 11 is 0. The lowest BCUT2D eigenvalue weighted by atomic mass is 10.0.